The number of carbonyl (C=O) groups is 1. The summed E-state index contributed by atoms with van der Waals surface area (Å²) in [6.45, 7) is 5.78. The first kappa shape index (κ1) is 112. The lowest BCUT2D eigenvalue weighted by Crippen LogP contribution is -2.42. The van der Waals surface area contributed by atoms with Crippen LogP contribution in [0, 0.1) is 33.0 Å². The molecule has 15 atom stereocenters. The molecular weight excluding hydrogens is 1690 g/mol. The number of nitrogens with zero attached hydrogens (tertiary/aromatic N) is 16. The molecule has 0 aliphatic rings. The number of aliphatic hydroxyl groups excluding tert-OH is 20. The van der Waals surface area contributed by atoms with Crippen LogP contribution < -0.4 is 39.3 Å². The van der Waals surface area contributed by atoms with Crippen LogP contribution in [-0.4, -0.2) is 381 Å². The molecular formula is C80H132N28O21. The third kappa shape index (κ3) is 44.6. The molecule has 718 valence electrons. The van der Waals surface area contributed by atoms with Gasteiger partial charge in [-0.25, -0.2) is 74.9 Å². The zero-order chi connectivity index (χ0) is 97.2. The Labute approximate surface area is 746 Å². The Morgan fingerprint density at radius 1 is 0.411 bits per heavy atom. The van der Waals surface area contributed by atoms with Gasteiger partial charge in [0.15, 0.2) is 41.7 Å². The summed E-state index contributed by atoms with van der Waals surface area (Å²) in [7, 11) is 1.23. The highest BCUT2D eigenvalue weighted by Gasteiger charge is 2.32. The second kappa shape index (κ2) is 59.6. The predicted molar refractivity (Wildman–Crippen MR) is 500 cm³/mol. The average Bonchev–Trinajstić information content (AvgIpc) is 0.854. The molecule has 49 nitrogen and oxygen atoms in total. The Bertz CT molecular complexity index is 4370. The van der Waals surface area contributed by atoms with E-state index in [1.807, 2.05) is 18.2 Å². The van der Waals surface area contributed by atoms with Gasteiger partial charge in [0.2, 0.25) is 94.4 Å². The molecule has 15 unspecified atom stereocenters. The minimum absolute atomic E-state index is 0.0174. The Morgan fingerprint density at radius 3 is 1.25 bits per heavy atom. The zero-order valence-corrected chi connectivity index (χ0v) is 73.4. The molecule has 0 saturated carbocycles. The van der Waals surface area contributed by atoms with Crippen LogP contribution in [-0.2, 0) is 17.6 Å². The fourth-order valence-electron chi connectivity index (χ4n) is 11.5. The summed E-state index contributed by atoms with van der Waals surface area (Å²) in [5.74, 6) is -17.1. The van der Waals surface area contributed by atoms with Gasteiger partial charge in [0.05, 0.1) is 25.2 Å². The summed E-state index contributed by atoms with van der Waals surface area (Å²) in [4.78, 5) is 76.0. The van der Waals surface area contributed by atoms with Gasteiger partial charge in [-0.05, 0) is 141 Å². The van der Waals surface area contributed by atoms with Gasteiger partial charge in [-0.1, -0.05) is 74.5 Å². The van der Waals surface area contributed by atoms with Gasteiger partial charge in [-0.15, -0.1) is 0 Å². The number of guanidine groups is 2. The van der Waals surface area contributed by atoms with Crippen LogP contribution in [0.5, 0.6) is 0 Å². The van der Waals surface area contributed by atoms with Crippen LogP contribution in [0.4, 0.5) is 0 Å². The summed E-state index contributed by atoms with van der Waals surface area (Å²) < 4.78 is 0. The van der Waals surface area contributed by atoms with Gasteiger partial charge in [0.1, 0.15) is 86.1 Å². The largest absolute Gasteiger partial charge is 0.497 e. The van der Waals surface area contributed by atoms with Crippen LogP contribution in [0.2, 0.25) is 0 Å². The second-order valence-corrected chi connectivity index (χ2v) is 30.2. The molecule has 129 heavy (non-hydrogen) atoms. The molecule has 2 aromatic rings. The van der Waals surface area contributed by atoms with Gasteiger partial charge < -0.3 is 146 Å². The van der Waals surface area contributed by atoms with Gasteiger partial charge in [-0.3, -0.25) is 31.8 Å². The normalized spacial score (nSPS) is 17.4. The molecule has 0 fully saturated rings. The summed E-state index contributed by atoms with van der Waals surface area (Å²) in [6.07, 6.45) is -2.06. The Kier molecular flexibility index (Phi) is 51.7. The van der Waals surface area contributed by atoms with Crippen LogP contribution in [0.3, 0.4) is 0 Å². The van der Waals surface area contributed by atoms with Crippen molar-refractivity contribution in [2.45, 2.75) is 235 Å². The minimum Gasteiger partial charge on any atom is -0.497 e. The first-order chi connectivity index (χ1) is 60.8. The third-order valence-electron chi connectivity index (χ3n) is 18.8. The quantitative estimate of drug-likeness (QED) is 0.0247. The lowest BCUT2D eigenvalue weighted by atomic mass is 10.0. The maximum Gasteiger partial charge on any atom is 0.244 e. The van der Waals surface area contributed by atoms with E-state index in [1.54, 1.807) is 56.3 Å². The Morgan fingerprint density at radius 2 is 0.806 bits per heavy atom. The highest BCUT2D eigenvalue weighted by atomic mass is 16.3. The molecule has 1 amide bonds. The molecule has 2 aromatic carbocycles. The van der Waals surface area contributed by atoms with Crippen molar-refractivity contribution in [3.05, 3.63) is 71.8 Å². The molecule has 0 spiro atoms. The third-order valence-corrected chi connectivity index (χ3v) is 18.8. The van der Waals surface area contributed by atoms with Gasteiger partial charge in [0.25, 0.3) is 0 Å². The van der Waals surface area contributed by atoms with Crippen LogP contribution in [0.15, 0.2) is 136 Å². The number of rotatable bonds is 62. The van der Waals surface area contributed by atoms with E-state index in [4.69, 9.17) is 55.7 Å². The molecule has 37 N–H and O–H groups in total. The number of unbranched alkanes of at least 4 members (excludes halogenated alkanes) is 2. The number of benzene rings is 2. The van der Waals surface area contributed by atoms with E-state index in [9.17, 15) is 107 Å². The summed E-state index contributed by atoms with van der Waals surface area (Å²) in [5, 5.41) is 263. The number of hydrogen-bond acceptors (Lipinski definition) is 26. The lowest BCUT2D eigenvalue weighted by Gasteiger charge is -2.24. The van der Waals surface area contributed by atoms with E-state index < -0.39 is 247 Å². The van der Waals surface area contributed by atoms with Crippen molar-refractivity contribution in [2.75, 3.05) is 59.5 Å². The molecule has 0 saturated heterocycles. The molecule has 0 aliphatic carbocycles. The smallest absolute Gasteiger partial charge is 0.244 e. The predicted octanol–water partition coefficient (Wildman–Crippen LogP) is 4.44. The monoisotopic (exact) mass is 1820 g/mol. The number of amides is 1. The van der Waals surface area contributed by atoms with Crippen molar-refractivity contribution >= 4 is 124 Å². The van der Waals surface area contributed by atoms with Crippen molar-refractivity contribution in [1.29, 1.82) is 27.0 Å². The van der Waals surface area contributed by atoms with E-state index in [-0.39, 0.29) is 116 Å². The number of likely N-dealkylation sites (N-methyl/N-ethyl adjacent to an activating group) is 1. The first-order valence-corrected chi connectivity index (χ1v) is 41.4. The highest BCUT2D eigenvalue weighted by Crippen LogP contribution is 2.20. The fourth-order valence-corrected chi connectivity index (χ4v) is 11.5. The topological polar surface area (TPSA) is 884 Å². The minimum atomic E-state index is -1.82. The zero-order valence-electron chi connectivity index (χ0n) is 73.4. The molecule has 49 heteroatoms. The highest BCUT2D eigenvalue weighted by molar-refractivity contribution is 5.97. The number of nitrogens with two attached hydrogens (primary N) is 5. The molecule has 0 aliphatic heterocycles. The van der Waals surface area contributed by atoms with E-state index in [1.165, 1.54) is 34.7 Å². The van der Waals surface area contributed by atoms with E-state index in [0.29, 0.717) is 18.4 Å². The standard InChI is InChI=1S/C80H132N28O21/c1-42(2)34-55(74(125)96-44(4)67(118)104-57(37-60(85)112)75(126)99-50(65(86)116)28-29-59(84)111)105-72(123)51(24-14-16-30-81)102-70(121)53(26-18-32-91-79(87)88)100-66(117)43(3)97-77(128)58(41-109)106-73(124)52(25-15-17-31-82)103-71(122)54(27-19-33-92-80(89)90)101-68(119)45(5)108(7)63(115)40-95-78(129)64(46(6)110)107-76(127)56(36-48-22-12-9-13-23-48)98-62(114)39-93-61(113)38-94-69(120)49(83)35-47-20-10-8-11-21-47/h8-13,20-23,42-46,49-58,64,109-110H,14-19,24-41,81-83H2,1-7H3,(H2,84,111)(H2,85,112)(H2,86,116)(H,93,113)(H,94,120)(H,95,129)(H,96,125)(H,97,128)(H,98,114)(H,99,126)(H,100,117)(H,101,119)(H,102,121)(H,103,122)(H,104,118)(H,105,123)(H,106,124)(H,107,127)(H4,87,88,91)(H4,89,90,92). The summed E-state index contributed by atoms with van der Waals surface area (Å²) in [6, 6.07) is -3.24. The number of nitrogens with one attached hydrogen (secondary N) is 7. The van der Waals surface area contributed by atoms with Crippen molar-refractivity contribution in [3.63, 3.8) is 0 Å². The van der Waals surface area contributed by atoms with Crippen LogP contribution >= 0.6 is 0 Å². The maximum atomic E-state index is 13.8. The number of aliphatic hydroxyl groups is 20. The molecule has 0 bridgehead atoms. The fraction of sp³-hybridized carbons (Fsp3) is 0.588. The van der Waals surface area contributed by atoms with Crippen molar-refractivity contribution in [1.82, 2.24) is 15.5 Å². The molecule has 0 heterocycles. The molecule has 0 aromatic heterocycles. The maximum absolute atomic E-state index is 13.8. The molecule has 2 rings (SSSR count). The van der Waals surface area contributed by atoms with Gasteiger partial charge in [0, 0.05) is 33.0 Å². The summed E-state index contributed by atoms with van der Waals surface area (Å²) >= 11 is 0. The Balaban J connectivity index is 2.68. The van der Waals surface area contributed by atoms with E-state index >= 15 is 0 Å². The van der Waals surface area contributed by atoms with Crippen LogP contribution in [0.25, 0.3) is 0 Å². The molecule has 0 radical (unpaired) electrons. The second-order valence-electron chi connectivity index (χ2n) is 30.2. The van der Waals surface area contributed by atoms with Crippen LogP contribution in [0.1, 0.15) is 143 Å². The van der Waals surface area contributed by atoms with E-state index in [2.05, 4.69) is 85.5 Å². The lowest BCUT2D eigenvalue weighted by molar-refractivity contribution is -0.129. The van der Waals surface area contributed by atoms with Crippen molar-refractivity contribution < 1.29 is 107 Å². The first-order valence-electron chi connectivity index (χ1n) is 41.4. The van der Waals surface area contributed by atoms with Gasteiger partial charge in [-0.2, -0.15) is 0 Å². The van der Waals surface area contributed by atoms with Crippen molar-refractivity contribution in [2.24, 2.45) is 109 Å². The SMILES string of the molecule is CC(C)CC(N=C(O)C(CCCCN)N=C(O)C(CCCNC(=N)N)N=C(O)C(C)N=C(O)C(CO)N=C(O)C(CCCCN)N=C(O)C(CCCNC(=N)N)N=C(O)C(C)N(C)C(=O)CN=C(O)C(N=C(O)C(Cc1ccccc1)N=C(O)CN=C(O)CN=C(O)C(N)Cc1ccccc1)C(C)O)C(O)=NC(C)C(O)=NC(CC(=N)O)C(O)=NC(CCC(=N)O)C(=N)O. The van der Waals surface area contributed by atoms with E-state index in [0.717, 1.165) is 10.5 Å². The van der Waals surface area contributed by atoms with Crippen molar-refractivity contribution in [3.8, 4) is 0 Å². The summed E-state index contributed by atoms with van der Waals surface area (Å²) in [5.41, 5.74) is 30.1. The number of carbonyl (C=O) groups excluding carboxylic acids is 1. The number of hydrogen-bond donors (Lipinski definition) is 32. The average molecular weight is 1820 g/mol. The number of aliphatic imine (C=N–C) groups is 15. The Hall–Kier alpha value is -13.3. The van der Waals surface area contributed by atoms with Gasteiger partial charge >= 0.3 is 0 Å².